The predicted octanol–water partition coefficient (Wildman–Crippen LogP) is 3.30. The second-order valence-electron chi connectivity index (χ2n) is 4.64. The minimum Gasteiger partial charge on any atom is -0.468 e. The Hall–Kier alpha value is -1.77. The average Bonchev–Trinajstić information content (AvgIpc) is 2.55. The maximum atomic E-state index is 11.3. The molecule has 0 spiro atoms. The number of methoxy groups -OCH3 is 1. The summed E-state index contributed by atoms with van der Waals surface area (Å²) in [4.78, 5) is 25.6. The fraction of sp³-hybridized carbons (Fsp3) is 0.286. The molecule has 0 aliphatic carbocycles. The minimum atomic E-state index is -0.380. The van der Waals surface area contributed by atoms with E-state index in [1.165, 1.54) is 7.11 Å². The topological polar surface area (TPSA) is 77.4 Å². The lowest BCUT2D eigenvalue weighted by molar-refractivity contribution is -0.137. The summed E-state index contributed by atoms with van der Waals surface area (Å²) in [5.41, 5.74) is 0. The number of anilines is 1. The van der Waals surface area contributed by atoms with Gasteiger partial charge in [0.05, 0.1) is 17.9 Å². The van der Waals surface area contributed by atoms with E-state index in [1.54, 1.807) is 37.2 Å². The molecule has 0 bridgehead atoms. The number of hydrogen-bond acceptors (Lipinski definition) is 8. The van der Waals surface area contributed by atoms with Gasteiger partial charge in [0.25, 0.3) is 0 Å². The Balaban J connectivity index is 2.27. The molecule has 0 saturated carbocycles. The summed E-state index contributed by atoms with van der Waals surface area (Å²) >= 11 is 13.1. The molecule has 0 aliphatic heterocycles. The van der Waals surface area contributed by atoms with Crippen LogP contribution < -0.4 is 9.64 Å². The Bertz CT molecular complexity index is 746. The van der Waals surface area contributed by atoms with Crippen molar-refractivity contribution in [3.63, 3.8) is 0 Å². The fourth-order valence-electron chi connectivity index (χ4n) is 1.48. The molecule has 0 unspecified atom stereocenters. The number of ether oxygens (including phenoxy) is 2. The van der Waals surface area contributed by atoms with Crippen LogP contribution in [0.2, 0.25) is 10.0 Å². The number of benzene rings is 1. The molecular formula is C14H14Cl2N4O3S. The van der Waals surface area contributed by atoms with Gasteiger partial charge in [-0.05, 0) is 18.2 Å². The Morgan fingerprint density at radius 3 is 2.62 bits per heavy atom. The molecule has 1 aromatic carbocycles. The molecule has 0 saturated heterocycles. The molecule has 0 atom stereocenters. The van der Waals surface area contributed by atoms with Crippen molar-refractivity contribution in [3.8, 4) is 11.8 Å². The Morgan fingerprint density at radius 1 is 1.25 bits per heavy atom. The van der Waals surface area contributed by atoms with Crippen LogP contribution in [0.5, 0.6) is 11.8 Å². The molecule has 0 N–H and O–H groups in total. The largest absolute Gasteiger partial charge is 0.468 e. The summed E-state index contributed by atoms with van der Waals surface area (Å²) in [7, 11) is 4.88. The predicted molar refractivity (Wildman–Crippen MR) is 93.4 cm³/mol. The van der Waals surface area contributed by atoms with E-state index in [-0.39, 0.29) is 17.7 Å². The molecule has 10 heteroatoms. The molecule has 24 heavy (non-hydrogen) atoms. The highest BCUT2D eigenvalue weighted by Gasteiger charge is 2.13. The molecule has 0 fully saturated rings. The van der Waals surface area contributed by atoms with Crippen LogP contribution in [0.3, 0.4) is 0 Å². The zero-order valence-electron chi connectivity index (χ0n) is 13.1. The zero-order valence-corrected chi connectivity index (χ0v) is 15.4. The SMILES string of the molecule is COC(=O)CSc1nc(Oc2ccc(Cl)cc2Cl)nc(N(C)C)n1. The van der Waals surface area contributed by atoms with Gasteiger partial charge in [-0.2, -0.15) is 15.0 Å². The van der Waals surface area contributed by atoms with E-state index in [2.05, 4.69) is 19.7 Å². The number of rotatable bonds is 6. The monoisotopic (exact) mass is 388 g/mol. The van der Waals surface area contributed by atoms with Crippen LogP contribution >= 0.6 is 35.0 Å². The molecule has 7 nitrogen and oxygen atoms in total. The smallest absolute Gasteiger partial charge is 0.327 e. The Morgan fingerprint density at radius 2 is 2.00 bits per heavy atom. The van der Waals surface area contributed by atoms with Gasteiger partial charge in [0.1, 0.15) is 5.75 Å². The van der Waals surface area contributed by atoms with Gasteiger partial charge in [-0.25, -0.2) is 0 Å². The Kier molecular flexibility index (Phi) is 6.47. The second-order valence-corrected chi connectivity index (χ2v) is 6.42. The molecule has 128 valence electrons. The number of carbonyl (C=O) groups excluding carboxylic acids is 1. The van der Waals surface area contributed by atoms with Crippen molar-refractivity contribution in [1.29, 1.82) is 0 Å². The highest BCUT2D eigenvalue weighted by atomic mass is 35.5. The third-order valence-electron chi connectivity index (χ3n) is 2.62. The van der Waals surface area contributed by atoms with Crippen molar-refractivity contribution in [1.82, 2.24) is 15.0 Å². The van der Waals surface area contributed by atoms with E-state index in [4.69, 9.17) is 27.9 Å². The van der Waals surface area contributed by atoms with Gasteiger partial charge in [0.15, 0.2) is 5.16 Å². The van der Waals surface area contributed by atoms with Gasteiger partial charge >= 0.3 is 12.0 Å². The summed E-state index contributed by atoms with van der Waals surface area (Å²) < 4.78 is 10.2. The molecular weight excluding hydrogens is 375 g/mol. The van der Waals surface area contributed by atoms with Crippen LogP contribution in [0.1, 0.15) is 0 Å². The second kappa shape index (κ2) is 8.36. The average molecular weight is 389 g/mol. The summed E-state index contributed by atoms with van der Waals surface area (Å²) in [6.07, 6.45) is 0. The van der Waals surface area contributed by atoms with Gasteiger partial charge < -0.3 is 14.4 Å². The van der Waals surface area contributed by atoms with E-state index >= 15 is 0 Å². The first-order valence-corrected chi connectivity index (χ1v) is 8.39. The molecule has 0 amide bonds. The Labute approximate surface area is 153 Å². The van der Waals surface area contributed by atoms with Crippen molar-refractivity contribution >= 4 is 46.9 Å². The number of nitrogens with zero attached hydrogens (tertiary/aromatic N) is 4. The van der Waals surface area contributed by atoms with Crippen LogP contribution in [0.15, 0.2) is 23.4 Å². The summed E-state index contributed by atoms with van der Waals surface area (Å²) in [5, 5.41) is 1.16. The quantitative estimate of drug-likeness (QED) is 0.550. The normalized spacial score (nSPS) is 10.4. The van der Waals surface area contributed by atoms with Crippen LogP contribution in [-0.2, 0) is 9.53 Å². The van der Waals surface area contributed by atoms with E-state index in [9.17, 15) is 4.79 Å². The molecule has 0 aliphatic rings. The first-order chi connectivity index (χ1) is 11.4. The molecule has 1 heterocycles. The van der Waals surface area contributed by atoms with Gasteiger partial charge in [0, 0.05) is 19.1 Å². The lowest BCUT2D eigenvalue weighted by Crippen LogP contribution is -2.14. The van der Waals surface area contributed by atoms with Crippen LogP contribution in [0.25, 0.3) is 0 Å². The van der Waals surface area contributed by atoms with Gasteiger partial charge in [-0.15, -0.1) is 0 Å². The molecule has 0 radical (unpaired) electrons. The summed E-state index contributed by atoms with van der Waals surface area (Å²) in [6, 6.07) is 4.87. The maximum Gasteiger partial charge on any atom is 0.327 e. The van der Waals surface area contributed by atoms with Crippen molar-refractivity contribution < 1.29 is 14.3 Å². The van der Waals surface area contributed by atoms with Crippen LogP contribution in [-0.4, -0.2) is 47.9 Å². The summed E-state index contributed by atoms with van der Waals surface area (Å²) in [5.74, 6) is 0.447. The maximum absolute atomic E-state index is 11.3. The minimum absolute atomic E-state index is 0.0605. The summed E-state index contributed by atoms with van der Waals surface area (Å²) in [6.45, 7) is 0. The molecule has 2 aromatic rings. The van der Waals surface area contributed by atoms with E-state index < -0.39 is 0 Å². The van der Waals surface area contributed by atoms with Crippen LogP contribution in [0.4, 0.5) is 5.95 Å². The van der Waals surface area contributed by atoms with Crippen molar-refractivity contribution in [2.45, 2.75) is 5.16 Å². The highest BCUT2D eigenvalue weighted by Crippen LogP contribution is 2.31. The number of halogens is 2. The van der Waals surface area contributed by atoms with Gasteiger partial charge in [-0.1, -0.05) is 35.0 Å². The third-order valence-corrected chi connectivity index (χ3v) is 3.98. The number of thioether (sulfide) groups is 1. The first-order valence-electron chi connectivity index (χ1n) is 6.65. The number of aromatic nitrogens is 3. The van der Waals surface area contributed by atoms with E-state index in [0.29, 0.717) is 26.9 Å². The van der Waals surface area contributed by atoms with E-state index in [1.807, 2.05) is 0 Å². The van der Waals surface area contributed by atoms with Crippen molar-refractivity contribution in [2.24, 2.45) is 0 Å². The number of esters is 1. The van der Waals surface area contributed by atoms with Crippen molar-refractivity contribution in [2.75, 3.05) is 31.9 Å². The first kappa shape index (κ1) is 18.6. The van der Waals surface area contributed by atoms with Crippen molar-refractivity contribution in [3.05, 3.63) is 28.2 Å². The third kappa shape index (κ3) is 5.12. The van der Waals surface area contributed by atoms with Gasteiger partial charge in [0.2, 0.25) is 5.95 Å². The lowest BCUT2D eigenvalue weighted by Gasteiger charge is -2.13. The number of hydrogen-bond donors (Lipinski definition) is 0. The lowest BCUT2D eigenvalue weighted by atomic mass is 10.3. The molecule has 1 aromatic heterocycles. The standard InChI is InChI=1S/C14H14Cl2N4O3S/c1-20(2)12-17-13(19-14(18-12)24-7-11(21)22-3)23-10-5-4-8(15)6-9(10)16/h4-6H,7H2,1-3H3. The molecule has 2 rings (SSSR count). The van der Waals surface area contributed by atoms with E-state index in [0.717, 1.165) is 11.8 Å². The zero-order chi connectivity index (χ0) is 17.7. The van der Waals surface area contributed by atoms with Gasteiger partial charge in [-0.3, -0.25) is 4.79 Å². The highest BCUT2D eigenvalue weighted by molar-refractivity contribution is 7.99. The van der Waals surface area contributed by atoms with Crippen LogP contribution in [0, 0.1) is 0 Å². The fourth-order valence-corrected chi connectivity index (χ4v) is 2.58. The number of carbonyl (C=O) groups is 1.